The molecule has 1 amide bonds. The van der Waals surface area contributed by atoms with Crippen molar-refractivity contribution in [3.63, 3.8) is 0 Å². The summed E-state index contributed by atoms with van der Waals surface area (Å²) in [5, 5.41) is 8.09. The van der Waals surface area contributed by atoms with Gasteiger partial charge in [-0.3, -0.25) is 14.3 Å². The third-order valence-electron chi connectivity index (χ3n) is 5.68. The summed E-state index contributed by atoms with van der Waals surface area (Å²) in [4.78, 5) is 28.3. The van der Waals surface area contributed by atoms with Crippen molar-refractivity contribution in [2.75, 3.05) is 5.32 Å². The smallest absolute Gasteiger partial charge is 0.274 e. The molecule has 4 heterocycles. The largest absolute Gasteiger partial charge is 0.477 e. The Balaban J connectivity index is 1.81. The molecule has 1 aliphatic rings. The molecule has 0 aliphatic carbocycles. The van der Waals surface area contributed by atoms with E-state index in [4.69, 9.17) is 4.74 Å². The number of aromatic nitrogens is 4. The van der Waals surface area contributed by atoms with Crippen LogP contribution in [-0.2, 0) is 18.9 Å². The number of hydrogen-bond acceptors (Lipinski definition) is 4. The highest BCUT2D eigenvalue weighted by molar-refractivity contribution is 6.04. The van der Waals surface area contributed by atoms with Gasteiger partial charge in [-0.1, -0.05) is 13.8 Å². The number of carbonyl (C=O) groups excluding carboxylic acids is 1. The minimum absolute atomic E-state index is 0.00593. The lowest BCUT2D eigenvalue weighted by molar-refractivity contribution is -0.125. The molecule has 0 saturated heterocycles. The van der Waals surface area contributed by atoms with Crippen molar-refractivity contribution >= 4 is 22.5 Å². The van der Waals surface area contributed by atoms with Gasteiger partial charge in [0.15, 0.2) is 11.9 Å². The quantitative estimate of drug-likeness (QED) is 0.535. The molecule has 1 atom stereocenters. The molecule has 8 nitrogen and oxygen atoms in total. The van der Waals surface area contributed by atoms with Crippen LogP contribution in [-0.4, -0.2) is 31.3 Å². The molecule has 1 aromatic carbocycles. The summed E-state index contributed by atoms with van der Waals surface area (Å²) in [7, 11) is 3.58. The lowest BCUT2D eigenvalue weighted by Gasteiger charge is -2.30. The van der Waals surface area contributed by atoms with Crippen molar-refractivity contribution in [1.82, 2.24) is 19.3 Å². The number of H-pyrrole nitrogens is 1. The van der Waals surface area contributed by atoms with Gasteiger partial charge < -0.3 is 19.6 Å². The highest BCUT2D eigenvalue weighted by Gasteiger charge is 2.33. The van der Waals surface area contributed by atoms with E-state index < -0.39 is 6.10 Å². The summed E-state index contributed by atoms with van der Waals surface area (Å²) in [6.07, 6.45) is 6.67. The number of pyridine rings is 1. The molecule has 0 fully saturated rings. The average molecular weight is 417 g/mol. The molecule has 0 radical (unpaired) electrons. The topological polar surface area (TPSA) is 93.9 Å². The first-order valence-corrected chi connectivity index (χ1v) is 10.1. The van der Waals surface area contributed by atoms with E-state index in [0.29, 0.717) is 17.0 Å². The number of hydrogen-bond donors (Lipinski definition) is 2. The number of carbonyl (C=O) groups is 1. The molecular weight excluding hydrogens is 394 g/mol. The number of benzene rings is 1. The lowest BCUT2D eigenvalue weighted by Crippen LogP contribution is -2.40. The van der Waals surface area contributed by atoms with Gasteiger partial charge in [0, 0.05) is 54.8 Å². The average Bonchev–Trinajstić information content (AvgIpc) is 3.38. The Morgan fingerprint density at radius 3 is 2.61 bits per heavy atom. The summed E-state index contributed by atoms with van der Waals surface area (Å²) < 4.78 is 9.54. The van der Waals surface area contributed by atoms with E-state index in [1.165, 1.54) is 0 Å². The van der Waals surface area contributed by atoms with E-state index in [-0.39, 0.29) is 17.4 Å². The van der Waals surface area contributed by atoms with Crippen molar-refractivity contribution < 1.29 is 9.53 Å². The Labute approximate surface area is 178 Å². The lowest BCUT2D eigenvalue weighted by atomic mass is 9.95. The normalized spacial score (nSPS) is 15.8. The standard InChI is InChI=1S/C23H23N5O3/c1-12(2)20-22(29)26-18-8-13(14-9-25-28(4)10-14)7-16(21(18)31-20)17-11-27(3)23(30)19-15(17)5-6-24-19/h5-12,20,24H,1-4H3,(H,26,29). The number of aryl methyl sites for hydroxylation is 2. The second-order valence-corrected chi connectivity index (χ2v) is 8.30. The van der Waals surface area contributed by atoms with Crippen molar-refractivity contribution in [2.45, 2.75) is 20.0 Å². The monoisotopic (exact) mass is 417 g/mol. The Morgan fingerprint density at radius 1 is 1.10 bits per heavy atom. The van der Waals surface area contributed by atoms with E-state index in [1.54, 1.807) is 28.7 Å². The summed E-state index contributed by atoms with van der Waals surface area (Å²) in [5.74, 6) is 0.447. The first kappa shape index (κ1) is 19.2. The molecule has 0 spiro atoms. The molecule has 5 rings (SSSR count). The van der Waals surface area contributed by atoms with Crippen molar-refractivity contribution in [1.29, 1.82) is 0 Å². The van der Waals surface area contributed by atoms with Gasteiger partial charge in [-0.05, 0) is 29.7 Å². The van der Waals surface area contributed by atoms with Crippen LogP contribution in [0, 0.1) is 5.92 Å². The summed E-state index contributed by atoms with van der Waals surface area (Å²) in [6.45, 7) is 3.91. The molecule has 0 saturated carbocycles. The van der Waals surface area contributed by atoms with Gasteiger partial charge in [-0.2, -0.15) is 5.10 Å². The van der Waals surface area contributed by atoms with Crippen molar-refractivity contribution in [2.24, 2.45) is 20.0 Å². The Bertz CT molecular complexity index is 1390. The number of anilines is 1. The van der Waals surface area contributed by atoms with Gasteiger partial charge in [0.25, 0.3) is 11.5 Å². The van der Waals surface area contributed by atoms with Crippen LogP contribution in [0.25, 0.3) is 33.2 Å². The number of rotatable bonds is 3. The molecule has 0 bridgehead atoms. The fourth-order valence-electron chi connectivity index (χ4n) is 4.09. The zero-order valence-corrected chi connectivity index (χ0v) is 17.8. The maximum absolute atomic E-state index is 12.7. The molecule has 158 valence electrons. The minimum atomic E-state index is -0.593. The van der Waals surface area contributed by atoms with Gasteiger partial charge >= 0.3 is 0 Å². The van der Waals surface area contributed by atoms with Crippen LogP contribution in [0.3, 0.4) is 0 Å². The van der Waals surface area contributed by atoms with Crippen LogP contribution in [0.1, 0.15) is 13.8 Å². The Hall–Kier alpha value is -3.81. The number of nitrogens with one attached hydrogen (secondary N) is 2. The SMILES string of the molecule is CC(C)C1Oc2c(cc(-c3cnn(C)c3)cc2-c2cn(C)c(=O)c3[nH]ccc23)NC1=O. The number of nitrogens with zero attached hydrogens (tertiary/aromatic N) is 3. The minimum Gasteiger partial charge on any atom is -0.477 e. The Morgan fingerprint density at radius 2 is 1.90 bits per heavy atom. The predicted molar refractivity (Wildman–Crippen MR) is 119 cm³/mol. The van der Waals surface area contributed by atoms with Crippen LogP contribution in [0.15, 0.2) is 47.8 Å². The number of aromatic amines is 1. The third-order valence-corrected chi connectivity index (χ3v) is 5.68. The first-order valence-electron chi connectivity index (χ1n) is 10.1. The van der Waals surface area contributed by atoms with Gasteiger partial charge in [0.2, 0.25) is 0 Å². The summed E-state index contributed by atoms with van der Waals surface area (Å²) >= 11 is 0. The van der Waals surface area contributed by atoms with E-state index in [1.807, 2.05) is 51.5 Å². The second kappa shape index (κ2) is 6.87. The van der Waals surface area contributed by atoms with E-state index in [0.717, 1.165) is 27.6 Å². The van der Waals surface area contributed by atoms with Gasteiger partial charge in [-0.15, -0.1) is 0 Å². The van der Waals surface area contributed by atoms with Crippen LogP contribution in [0.5, 0.6) is 5.75 Å². The molecule has 8 heteroatoms. The molecule has 3 aromatic heterocycles. The fourth-order valence-corrected chi connectivity index (χ4v) is 4.09. The van der Waals surface area contributed by atoms with Gasteiger partial charge in [0.05, 0.1) is 11.9 Å². The van der Waals surface area contributed by atoms with Crippen LogP contribution >= 0.6 is 0 Å². The highest BCUT2D eigenvalue weighted by Crippen LogP contribution is 2.45. The predicted octanol–water partition coefficient (Wildman–Crippen LogP) is 3.29. The molecule has 4 aromatic rings. The highest BCUT2D eigenvalue weighted by atomic mass is 16.5. The molecule has 1 aliphatic heterocycles. The zero-order chi connectivity index (χ0) is 21.9. The van der Waals surface area contributed by atoms with Crippen LogP contribution in [0.2, 0.25) is 0 Å². The molecule has 1 unspecified atom stereocenters. The first-order chi connectivity index (χ1) is 14.8. The maximum Gasteiger partial charge on any atom is 0.274 e. The van der Waals surface area contributed by atoms with Crippen LogP contribution in [0.4, 0.5) is 5.69 Å². The summed E-state index contributed by atoms with van der Waals surface area (Å²) in [6, 6.07) is 5.81. The molecule has 2 N–H and O–H groups in total. The molecule has 31 heavy (non-hydrogen) atoms. The van der Waals surface area contributed by atoms with E-state index in [9.17, 15) is 9.59 Å². The third kappa shape index (κ3) is 3.02. The maximum atomic E-state index is 12.7. The number of fused-ring (bicyclic) bond motifs is 2. The zero-order valence-electron chi connectivity index (χ0n) is 17.8. The fraction of sp³-hybridized carbons (Fsp3) is 0.261. The van der Waals surface area contributed by atoms with E-state index in [2.05, 4.69) is 15.4 Å². The summed E-state index contributed by atoms with van der Waals surface area (Å²) in [5.41, 5.74) is 4.50. The number of ether oxygens (including phenoxy) is 1. The van der Waals surface area contributed by atoms with Gasteiger partial charge in [0.1, 0.15) is 5.52 Å². The number of amides is 1. The molecular formula is C23H23N5O3. The second-order valence-electron chi connectivity index (χ2n) is 8.30. The Kier molecular flexibility index (Phi) is 4.25. The van der Waals surface area contributed by atoms with Gasteiger partial charge in [-0.25, -0.2) is 0 Å². The van der Waals surface area contributed by atoms with E-state index >= 15 is 0 Å². The van der Waals surface area contributed by atoms with Crippen molar-refractivity contribution in [3.8, 4) is 28.0 Å². The van der Waals surface area contributed by atoms with Crippen molar-refractivity contribution in [3.05, 3.63) is 53.3 Å². The van der Waals surface area contributed by atoms with Crippen LogP contribution < -0.4 is 15.6 Å².